The van der Waals surface area contributed by atoms with Crippen molar-refractivity contribution in [3.8, 4) is 5.75 Å². The lowest BCUT2D eigenvalue weighted by molar-refractivity contribution is -0.245. The summed E-state index contributed by atoms with van der Waals surface area (Å²) in [5.41, 5.74) is 0.437. The van der Waals surface area contributed by atoms with Gasteiger partial charge in [-0.1, -0.05) is 18.7 Å². The van der Waals surface area contributed by atoms with Crippen LogP contribution in [0, 0.1) is 0 Å². The predicted molar refractivity (Wildman–Crippen MR) is 136 cm³/mol. The average Bonchev–Trinajstić information content (AvgIpc) is 2.89. The van der Waals surface area contributed by atoms with Crippen LogP contribution in [0.25, 0.3) is 0 Å². The van der Waals surface area contributed by atoms with Crippen molar-refractivity contribution in [3.63, 3.8) is 0 Å². The van der Waals surface area contributed by atoms with Crippen molar-refractivity contribution < 1.29 is 80.0 Å². The van der Waals surface area contributed by atoms with Gasteiger partial charge in [0.2, 0.25) is 17.2 Å². The fourth-order valence-corrected chi connectivity index (χ4v) is 5.28. The van der Waals surface area contributed by atoms with Crippen molar-refractivity contribution in [2.45, 2.75) is 42.6 Å². The van der Waals surface area contributed by atoms with E-state index in [2.05, 4.69) is 16.1 Å². The molecule has 1 rings (SSSR count). The fourth-order valence-electron chi connectivity index (χ4n) is 2.67. The van der Waals surface area contributed by atoms with Gasteiger partial charge in [-0.3, -0.25) is 14.1 Å². The summed E-state index contributed by atoms with van der Waals surface area (Å²) in [5.74, 6) is -10.3. The van der Waals surface area contributed by atoms with Crippen LogP contribution >= 0.6 is 0 Å². The average molecular weight is 707 g/mol. The lowest BCUT2D eigenvalue weighted by atomic mass is 10.1. The van der Waals surface area contributed by atoms with Gasteiger partial charge in [0, 0.05) is 18.5 Å². The van der Waals surface area contributed by atoms with Gasteiger partial charge in [-0.15, -0.1) is 4.13 Å². The summed E-state index contributed by atoms with van der Waals surface area (Å²) in [6, 6.07) is 3.34. The first-order chi connectivity index (χ1) is 20.0. The molecule has 0 aromatic heterocycles. The molecule has 44 heavy (non-hydrogen) atoms. The zero-order valence-corrected chi connectivity index (χ0v) is 24.6. The van der Waals surface area contributed by atoms with E-state index in [1.807, 2.05) is 0 Å². The summed E-state index contributed by atoms with van der Waals surface area (Å²) in [5, 5.41) is -11.4. The number of rotatable bonds is 18. The molecule has 0 bridgehead atoms. The van der Waals surface area contributed by atoms with Gasteiger partial charge in [0.1, 0.15) is 19.0 Å². The molecule has 250 valence electrons. The molecule has 1 amide bonds. The third kappa shape index (κ3) is 9.87. The van der Waals surface area contributed by atoms with Crippen LogP contribution in [0.5, 0.6) is 5.75 Å². The zero-order valence-electron chi connectivity index (χ0n) is 22.2. The number of carbonyl (C=O) groups excluding carboxylic acids is 3. The second kappa shape index (κ2) is 15.1. The molecular formula is C21H24F6N2O12S3. The summed E-state index contributed by atoms with van der Waals surface area (Å²) in [4.78, 5) is 34.6. The van der Waals surface area contributed by atoms with E-state index >= 15 is 0 Å². The SMILES string of the molecule is C=C(C)C(=O)OCCOC(=O)CCC(=O)NCCc1ccc(OS(=O)(=O)C(F)(F)C(F)(F)C(F)(F)S(=O)(=O)NS(=O)O)cc1. The number of amides is 1. The second-order valence-corrected chi connectivity index (χ2v) is 12.6. The summed E-state index contributed by atoms with van der Waals surface area (Å²) < 4.78 is 162. The van der Waals surface area contributed by atoms with Crippen LogP contribution in [0.4, 0.5) is 26.3 Å². The number of nitrogens with one attached hydrogen (secondary N) is 2. The molecule has 3 N–H and O–H groups in total. The Morgan fingerprint density at radius 3 is 2.00 bits per heavy atom. The van der Waals surface area contributed by atoms with Crippen molar-refractivity contribution in [3.05, 3.63) is 42.0 Å². The van der Waals surface area contributed by atoms with E-state index in [1.54, 1.807) is 0 Å². The molecule has 1 aromatic carbocycles. The maximum absolute atomic E-state index is 14.1. The Balaban J connectivity index is 2.69. The molecule has 1 aromatic rings. The normalized spacial score (nSPS) is 13.5. The van der Waals surface area contributed by atoms with E-state index in [4.69, 9.17) is 14.0 Å². The van der Waals surface area contributed by atoms with Crippen LogP contribution in [0.1, 0.15) is 25.3 Å². The minimum atomic E-state index is -7.21. The number of carbonyl (C=O) groups is 3. The van der Waals surface area contributed by atoms with Gasteiger partial charge < -0.3 is 19.0 Å². The van der Waals surface area contributed by atoms with Crippen LogP contribution in [0.15, 0.2) is 36.4 Å². The minimum absolute atomic E-state index is 0.0227. The Morgan fingerprint density at radius 1 is 0.932 bits per heavy atom. The Morgan fingerprint density at radius 2 is 1.48 bits per heavy atom. The summed E-state index contributed by atoms with van der Waals surface area (Å²) in [7, 11) is -14.1. The molecule has 23 heteroatoms. The molecule has 0 heterocycles. The first kappa shape index (κ1) is 38.7. The highest BCUT2D eigenvalue weighted by Gasteiger charge is 2.83. The number of halogens is 6. The highest BCUT2D eigenvalue weighted by molar-refractivity contribution is 8.00. The van der Waals surface area contributed by atoms with Gasteiger partial charge in [0.05, 0.1) is 6.42 Å². The smallest absolute Gasteiger partial charge is 0.450 e. The molecule has 14 nitrogen and oxygen atoms in total. The number of alkyl halides is 6. The molecule has 0 saturated carbocycles. The van der Waals surface area contributed by atoms with Crippen molar-refractivity contribution in [1.29, 1.82) is 0 Å². The Kier molecular flexibility index (Phi) is 13.3. The summed E-state index contributed by atoms with van der Waals surface area (Å²) in [6.07, 6.45) is -0.587. The number of ether oxygens (including phenoxy) is 2. The molecular weight excluding hydrogens is 682 g/mol. The zero-order chi connectivity index (χ0) is 34.1. The Hall–Kier alpha value is -3.28. The maximum Gasteiger partial charge on any atom is 0.450 e. The van der Waals surface area contributed by atoms with Crippen LogP contribution in [0.3, 0.4) is 0 Å². The molecule has 0 fully saturated rings. The predicted octanol–water partition coefficient (Wildman–Crippen LogP) is 1.37. The van der Waals surface area contributed by atoms with Crippen LogP contribution in [-0.4, -0.2) is 79.6 Å². The maximum atomic E-state index is 14.1. The third-order valence-corrected chi connectivity index (χ3v) is 8.59. The van der Waals surface area contributed by atoms with Gasteiger partial charge in [0.15, 0.2) is 0 Å². The van der Waals surface area contributed by atoms with E-state index in [0.717, 1.165) is 12.1 Å². The Bertz CT molecular complexity index is 1470. The van der Waals surface area contributed by atoms with Crippen LogP contribution in [-0.2, 0) is 61.7 Å². The molecule has 0 aliphatic rings. The highest BCUT2D eigenvalue weighted by atomic mass is 32.3. The van der Waals surface area contributed by atoms with E-state index in [0.29, 0.717) is 12.1 Å². The van der Waals surface area contributed by atoms with E-state index in [9.17, 15) is 61.8 Å². The van der Waals surface area contributed by atoms with Crippen molar-refractivity contribution in [2.75, 3.05) is 19.8 Å². The highest BCUT2D eigenvalue weighted by Crippen LogP contribution is 2.51. The Labute approximate surface area is 248 Å². The van der Waals surface area contributed by atoms with E-state index in [-0.39, 0.29) is 54.3 Å². The fraction of sp³-hybridized carbons (Fsp3) is 0.476. The van der Waals surface area contributed by atoms with E-state index < -0.39 is 71.4 Å². The minimum Gasteiger partial charge on any atom is -0.462 e. The topological polar surface area (TPSA) is 209 Å². The summed E-state index contributed by atoms with van der Waals surface area (Å²) >= 11 is -3.94. The lowest BCUT2D eigenvalue weighted by Gasteiger charge is -2.30. The van der Waals surface area contributed by atoms with Gasteiger partial charge in [-0.25, -0.2) is 17.4 Å². The largest absolute Gasteiger partial charge is 0.462 e. The molecule has 1 atom stereocenters. The number of sulfonamides is 1. The molecule has 1 unspecified atom stereocenters. The number of esters is 2. The number of benzene rings is 1. The van der Waals surface area contributed by atoms with Crippen molar-refractivity contribution >= 4 is 49.3 Å². The van der Waals surface area contributed by atoms with Gasteiger partial charge >= 0.3 is 38.5 Å². The van der Waals surface area contributed by atoms with Gasteiger partial charge in [-0.05, 0) is 31.0 Å². The molecule has 0 aliphatic heterocycles. The molecule has 0 aliphatic carbocycles. The number of hydrogen-bond donors (Lipinski definition) is 3. The first-order valence-electron chi connectivity index (χ1n) is 11.5. The molecule has 0 saturated heterocycles. The monoisotopic (exact) mass is 706 g/mol. The van der Waals surface area contributed by atoms with Crippen LogP contribution < -0.4 is 13.6 Å². The van der Waals surface area contributed by atoms with Gasteiger partial charge in [-0.2, -0.15) is 34.8 Å². The first-order valence-corrected chi connectivity index (χ1v) is 15.5. The lowest BCUT2D eigenvalue weighted by Crippen LogP contribution is -2.63. The van der Waals surface area contributed by atoms with Crippen molar-refractivity contribution in [1.82, 2.24) is 9.44 Å². The van der Waals surface area contributed by atoms with E-state index in [1.165, 1.54) is 6.92 Å². The number of hydrogen-bond acceptors (Lipinski definition) is 11. The molecule has 0 spiro atoms. The van der Waals surface area contributed by atoms with Gasteiger partial charge in [0.25, 0.3) is 10.0 Å². The third-order valence-electron chi connectivity index (χ3n) is 4.91. The van der Waals surface area contributed by atoms with Crippen molar-refractivity contribution in [2.24, 2.45) is 0 Å². The summed E-state index contributed by atoms with van der Waals surface area (Å²) in [6.45, 7) is 4.24. The standard InChI is InChI=1S/C21H24F6N2O12S3/c1-13(2)18(32)40-12-11-39-17(31)8-7-16(30)28-10-9-14-3-5-15(6-4-14)41-44(37,38)21(26,27)19(22,23)20(24,25)43(35,36)29-42(33)34/h3-6,29H,1,7-12H2,2H3,(H,28,30)(H,33,34). The van der Waals surface area contributed by atoms with Crippen LogP contribution in [0.2, 0.25) is 0 Å². The molecule has 0 radical (unpaired) electrons. The second-order valence-electron chi connectivity index (χ2n) is 8.36. The quantitative estimate of drug-likeness (QED) is 0.0494.